The summed E-state index contributed by atoms with van der Waals surface area (Å²) < 4.78 is -0.0200. The molecular formula is C11H14N2S. The first-order valence-electron chi connectivity index (χ1n) is 4.71. The number of thiol groups is 1. The number of rotatable bonds is 2. The Morgan fingerprint density at radius 1 is 1.36 bits per heavy atom. The third kappa shape index (κ3) is 2.10. The summed E-state index contributed by atoms with van der Waals surface area (Å²) in [6.45, 7) is 4.17. The van der Waals surface area contributed by atoms with Crippen LogP contribution in [-0.2, 0) is 6.42 Å². The predicted molar refractivity (Wildman–Crippen MR) is 62.9 cm³/mol. The van der Waals surface area contributed by atoms with Crippen LogP contribution in [0.2, 0.25) is 0 Å². The third-order valence-electron chi connectivity index (χ3n) is 2.04. The lowest BCUT2D eigenvalue weighted by molar-refractivity contribution is 0.689. The molecule has 1 aromatic carbocycles. The molecule has 0 aliphatic rings. The topological polar surface area (TPSA) is 28.7 Å². The Kier molecular flexibility index (Phi) is 2.27. The summed E-state index contributed by atoms with van der Waals surface area (Å²) in [4.78, 5) is 7.79. The van der Waals surface area contributed by atoms with Gasteiger partial charge in [0.15, 0.2) is 0 Å². The highest BCUT2D eigenvalue weighted by atomic mass is 32.1. The largest absolute Gasteiger partial charge is 0.342 e. The van der Waals surface area contributed by atoms with Crippen LogP contribution >= 0.6 is 12.6 Å². The third-order valence-corrected chi connectivity index (χ3v) is 2.20. The Morgan fingerprint density at radius 2 is 2.07 bits per heavy atom. The van der Waals surface area contributed by atoms with Gasteiger partial charge in [-0.2, -0.15) is 12.6 Å². The number of aromatic nitrogens is 2. The molecule has 1 heterocycles. The molecule has 0 saturated carbocycles. The van der Waals surface area contributed by atoms with Crippen LogP contribution in [-0.4, -0.2) is 14.7 Å². The molecule has 0 unspecified atom stereocenters. The van der Waals surface area contributed by atoms with Crippen molar-refractivity contribution in [2.24, 2.45) is 0 Å². The summed E-state index contributed by atoms with van der Waals surface area (Å²) in [6.07, 6.45) is 0.852. The summed E-state index contributed by atoms with van der Waals surface area (Å²) in [5, 5.41) is 0. The number of aromatic amines is 1. The van der Waals surface area contributed by atoms with E-state index in [9.17, 15) is 0 Å². The molecule has 2 rings (SSSR count). The Morgan fingerprint density at radius 3 is 2.71 bits per heavy atom. The smallest absolute Gasteiger partial charge is 0.108 e. The van der Waals surface area contributed by atoms with Crippen molar-refractivity contribution in [1.82, 2.24) is 9.97 Å². The van der Waals surface area contributed by atoms with Crippen molar-refractivity contribution in [2.75, 3.05) is 0 Å². The number of nitrogens with zero attached hydrogens (tertiary/aromatic N) is 1. The van der Waals surface area contributed by atoms with Gasteiger partial charge in [-0.25, -0.2) is 4.98 Å². The molecule has 0 fully saturated rings. The minimum atomic E-state index is -0.0200. The Balaban J connectivity index is 2.36. The molecule has 0 saturated heterocycles. The first kappa shape index (κ1) is 9.59. The molecule has 14 heavy (non-hydrogen) atoms. The van der Waals surface area contributed by atoms with Gasteiger partial charge in [-0.1, -0.05) is 26.0 Å². The average Bonchev–Trinajstić information content (AvgIpc) is 2.42. The number of benzene rings is 1. The molecule has 0 radical (unpaired) electrons. The van der Waals surface area contributed by atoms with Crippen LogP contribution in [0.25, 0.3) is 11.0 Å². The second-order valence-corrected chi connectivity index (χ2v) is 5.40. The Bertz CT molecular complexity index is 407. The monoisotopic (exact) mass is 206 g/mol. The van der Waals surface area contributed by atoms with Gasteiger partial charge in [0.2, 0.25) is 0 Å². The van der Waals surface area contributed by atoms with E-state index in [0.717, 1.165) is 23.3 Å². The Labute approximate surface area is 89.2 Å². The molecule has 0 spiro atoms. The maximum Gasteiger partial charge on any atom is 0.108 e. The lowest BCUT2D eigenvalue weighted by Crippen LogP contribution is -2.15. The van der Waals surface area contributed by atoms with Gasteiger partial charge in [0.1, 0.15) is 5.82 Å². The average molecular weight is 206 g/mol. The minimum Gasteiger partial charge on any atom is -0.342 e. The van der Waals surface area contributed by atoms with Gasteiger partial charge in [-0.3, -0.25) is 0 Å². The van der Waals surface area contributed by atoms with E-state index in [4.69, 9.17) is 0 Å². The van der Waals surface area contributed by atoms with Crippen LogP contribution in [0.1, 0.15) is 19.7 Å². The number of hydrogen-bond acceptors (Lipinski definition) is 2. The van der Waals surface area contributed by atoms with E-state index < -0.39 is 0 Å². The zero-order chi connectivity index (χ0) is 10.2. The zero-order valence-electron chi connectivity index (χ0n) is 8.41. The molecule has 1 N–H and O–H groups in total. The fourth-order valence-corrected chi connectivity index (χ4v) is 1.65. The molecule has 1 aromatic heterocycles. The molecule has 0 aliphatic carbocycles. The first-order chi connectivity index (χ1) is 6.54. The predicted octanol–water partition coefficient (Wildman–Crippen LogP) is 2.81. The molecule has 0 atom stereocenters. The summed E-state index contributed by atoms with van der Waals surface area (Å²) in [6, 6.07) is 8.06. The van der Waals surface area contributed by atoms with Crippen LogP contribution in [0.5, 0.6) is 0 Å². The quantitative estimate of drug-likeness (QED) is 0.727. The van der Waals surface area contributed by atoms with Crippen molar-refractivity contribution in [3.8, 4) is 0 Å². The molecule has 2 aromatic rings. The fourth-order valence-electron chi connectivity index (χ4n) is 1.50. The van der Waals surface area contributed by atoms with Crippen molar-refractivity contribution in [2.45, 2.75) is 25.0 Å². The van der Waals surface area contributed by atoms with Crippen molar-refractivity contribution >= 4 is 23.7 Å². The molecule has 0 bridgehead atoms. The summed E-state index contributed by atoms with van der Waals surface area (Å²) >= 11 is 4.49. The molecule has 2 nitrogen and oxygen atoms in total. The van der Waals surface area contributed by atoms with E-state index in [2.05, 4.69) is 36.4 Å². The maximum absolute atomic E-state index is 4.49. The van der Waals surface area contributed by atoms with E-state index in [-0.39, 0.29) is 4.75 Å². The number of imidazole rings is 1. The SMILES string of the molecule is CC(C)(S)Cc1nc2ccccc2[nH]1. The maximum atomic E-state index is 4.49. The van der Waals surface area contributed by atoms with E-state index in [0.29, 0.717) is 0 Å². The van der Waals surface area contributed by atoms with Crippen molar-refractivity contribution in [1.29, 1.82) is 0 Å². The summed E-state index contributed by atoms with van der Waals surface area (Å²) in [7, 11) is 0. The lowest BCUT2D eigenvalue weighted by atomic mass is 10.1. The number of H-pyrrole nitrogens is 1. The van der Waals surface area contributed by atoms with E-state index in [1.807, 2.05) is 24.3 Å². The molecule has 0 aliphatic heterocycles. The van der Waals surface area contributed by atoms with E-state index >= 15 is 0 Å². The number of nitrogens with one attached hydrogen (secondary N) is 1. The van der Waals surface area contributed by atoms with Crippen LogP contribution in [0, 0.1) is 0 Å². The molecular weight excluding hydrogens is 192 g/mol. The fraction of sp³-hybridized carbons (Fsp3) is 0.364. The lowest BCUT2D eigenvalue weighted by Gasteiger charge is -2.14. The first-order valence-corrected chi connectivity index (χ1v) is 5.15. The highest BCUT2D eigenvalue weighted by Crippen LogP contribution is 2.19. The Hall–Kier alpha value is -0.960. The van der Waals surface area contributed by atoms with Gasteiger partial charge in [-0.15, -0.1) is 0 Å². The van der Waals surface area contributed by atoms with Crippen LogP contribution in [0.15, 0.2) is 24.3 Å². The standard InChI is InChI=1S/C11H14N2S/c1-11(2,14)7-10-12-8-5-3-4-6-9(8)13-10/h3-6,14H,7H2,1-2H3,(H,12,13). The second-order valence-electron chi connectivity index (χ2n) is 4.19. The van der Waals surface area contributed by atoms with Gasteiger partial charge >= 0.3 is 0 Å². The second kappa shape index (κ2) is 3.31. The normalized spacial score (nSPS) is 12.2. The van der Waals surface area contributed by atoms with Crippen LogP contribution in [0.3, 0.4) is 0 Å². The summed E-state index contributed by atoms with van der Waals surface area (Å²) in [5.74, 6) is 1.01. The molecule has 0 amide bonds. The zero-order valence-corrected chi connectivity index (χ0v) is 9.31. The molecule has 74 valence electrons. The van der Waals surface area contributed by atoms with Crippen molar-refractivity contribution < 1.29 is 0 Å². The minimum absolute atomic E-state index is 0.0200. The van der Waals surface area contributed by atoms with Gasteiger partial charge in [0.05, 0.1) is 11.0 Å². The number of para-hydroxylation sites is 2. The van der Waals surface area contributed by atoms with Gasteiger partial charge in [0, 0.05) is 11.2 Å². The van der Waals surface area contributed by atoms with E-state index in [1.165, 1.54) is 0 Å². The van der Waals surface area contributed by atoms with E-state index in [1.54, 1.807) is 0 Å². The van der Waals surface area contributed by atoms with Gasteiger partial charge in [0.25, 0.3) is 0 Å². The van der Waals surface area contributed by atoms with Crippen molar-refractivity contribution in [3.05, 3.63) is 30.1 Å². The highest BCUT2D eigenvalue weighted by molar-refractivity contribution is 7.81. The van der Waals surface area contributed by atoms with Gasteiger partial charge in [-0.05, 0) is 12.1 Å². The number of fused-ring (bicyclic) bond motifs is 1. The number of hydrogen-bond donors (Lipinski definition) is 2. The summed E-state index contributed by atoms with van der Waals surface area (Å²) in [5.41, 5.74) is 2.13. The van der Waals surface area contributed by atoms with Gasteiger partial charge < -0.3 is 4.98 Å². The highest BCUT2D eigenvalue weighted by Gasteiger charge is 2.14. The van der Waals surface area contributed by atoms with Crippen LogP contribution in [0.4, 0.5) is 0 Å². The molecule has 3 heteroatoms. The van der Waals surface area contributed by atoms with Crippen molar-refractivity contribution in [3.63, 3.8) is 0 Å². The van der Waals surface area contributed by atoms with Crippen LogP contribution < -0.4 is 0 Å².